The lowest BCUT2D eigenvalue weighted by atomic mass is 9.85. The molecule has 2 rings (SSSR count). The van der Waals surface area contributed by atoms with Crippen LogP contribution in [0.5, 0.6) is 0 Å². The van der Waals surface area contributed by atoms with Gasteiger partial charge in [-0.05, 0) is 23.8 Å². The lowest BCUT2D eigenvalue weighted by molar-refractivity contribution is -0.133. The van der Waals surface area contributed by atoms with Gasteiger partial charge in [0.05, 0.1) is 11.1 Å². The summed E-state index contributed by atoms with van der Waals surface area (Å²) in [7, 11) is 0. The molecular weight excluding hydrogens is 260 g/mol. The number of carboxylic acids is 2. The molecule has 1 atom stereocenters. The maximum atomic E-state index is 11.2. The van der Waals surface area contributed by atoms with E-state index in [1.54, 1.807) is 18.2 Å². The zero-order valence-corrected chi connectivity index (χ0v) is 10.5. The quantitative estimate of drug-likeness (QED) is 0.474. The summed E-state index contributed by atoms with van der Waals surface area (Å²) in [5.74, 6) is -2.61. The summed E-state index contributed by atoms with van der Waals surface area (Å²) in [5.41, 5.74) is 10.5. The Morgan fingerprint density at radius 3 is 2.45 bits per heavy atom. The minimum Gasteiger partial charge on any atom is -0.478 e. The van der Waals surface area contributed by atoms with E-state index in [4.69, 9.17) is 21.7 Å². The summed E-state index contributed by atoms with van der Waals surface area (Å²) in [6.07, 6.45) is 4.51. The van der Waals surface area contributed by atoms with Crippen LogP contribution in [0.25, 0.3) is 0 Å². The summed E-state index contributed by atoms with van der Waals surface area (Å²) in [4.78, 5) is 22.1. The molecule has 0 heterocycles. The molecule has 0 aliphatic heterocycles. The van der Waals surface area contributed by atoms with Crippen molar-refractivity contribution >= 4 is 11.9 Å². The minimum absolute atomic E-state index is 0.120. The van der Waals surface area contributed by atoms with Crippen LogP contribution >= 0.6 is 0 Å². The molecule has 0 radical (unpaired) electrons. The maximum absolute atomic E-state index is 11.2. The lowest BCUT2D eigenvalue weighted by Gasteiger charge is -2.27. The molecule has 20 heavy (non-hydrogen) atoms. The summed E-state index contributed by atoms with van der Waals surface area (Å²) in [5, 5.41) is 18.1. The van der Waals surface area contributed by atoms with Crippen molar-refractivity contribution in [2.24, 2.45) is 11.5 Å². The van der Waals surface area contributed by atoms with Crippen LogP contribution in [0.15, 0.2) is 48.1 Å². The largest absolute Gasteiger partial charge is 0.478 e. The molecule has 104 valence electrons. The third kappa shape index (κ3) is 2.61. The van der Waals surface area contributed by atoms with Gasteiger partial charge in [-0.25, -0.2) is 9.59 Å². The van der Waals surface area contributed by atoms with Crippen LogP contribution in [0, 0.1) is 0 Å². The minimum atomic E-state index is -1.52. The van der Waals surface area contributed by atoms with Crippen LogP contribution in [0.4, 0.5) is 0 Å². The van der Waals surface area contributed by atoms with E-state index in [9.17, 15) is 9.59 Å². The van der Waals surface area contributed by atoms with E-state index in [0.29, 0.717) is 5.56 Å². The molecule has 0 spiro atoms. The van der Waals surface area contributed by atoms with Gasteiger partial charge in [0.1, 0.15) is 5.66 Å². The SMILES string of the molecule is NC1(N)C=CC(c2cccc(C(=O)O)c2)C=C1C(=O)O. The van der Waals surface area contributed by atoms with Crippen molar-refractivity contribution in [2.45, 2.75) is 11.6 Å². The Bertz CT molecular complexity index is 632. The fraction of sp³-hybridized carbons (Fsp3) is 0.143. The van der Waals surface area contributed by atoms with Gasteiger partial charge < -0.3 is 21.7 Å². The second kappa shape index (κ2) is 4.92. The Labute approximate surface area is 115 Å². The van der Waals surface area contributed by atoms with Gasteiger partial charge in [-0.2, -0.15) is 0 Å². The predicted molar refractivity (Wildman–Crippen MR) is 72.1 cm³/mol. The molecule has 1 unspecified atom stereocenters. The lowest BCUT2D eigenvalue weighted by Crippen LogP contribution is -2.52. The van der Waals surface area contributed by atoms with Crippen molar-refractivity contribution in [2.75, 3.05) is 0 Å². The molecule has 0 bridgehead atoms. The molecule has 1 aliphatic carbocycles. The van der Waals surface area contributed by atoms with Crippen LogP contribution < -0.4 is 11.5 Å². The highest BCUT2D eigenvalue weighted by Crippen LogP contribution is 2.28. The highest BCUT2D eigenvalue weighted by molar-refractivity contribution is 5.91. The second-order valence-corrected chi connectivity index (χ2v) is 4.63. The molecule has 0 aromatic heterocycles. The summed E-state index contributed by atoms with van der Waals surface area (Å²) in [6, 6.07) is 6.29. The fourth-order valence-corrected chi connectivity index (χ4v) is 2.07. The van der Waals surface area contributed by atoms with Gasteiger partial charge in [0.25, 0.3) is 0 Å². The average molecular weight is 274 g/mol. The van der Waals surface area contributed by atoms with Gasteiger partial charge in [-0.3, -0.25) is 0 Å². The molecular formula is C14H14N2O4. The molecule has 0 fully saturated rings. The fourth-order valence-electron chi connectivity index (χ4n) is 2.07. The van der Waals surface area contributed by atoms with Gasteiger partial charge in [-0.1, -0.05) is 24.3 Å². The molecule has 0 amide bonds. The van der Waals surface area contributed by atoms with Gasteiger partial charge in [-0.15, -0.1) is 0 Å². The first-order chi connectivity index (χ1) is 9.31. The number of hydrogen-bond donors (Lipinski definition) is 4. The van der Waals surface area contributed by atoms with E-state index in [2.05, 4.69) is 0 Å². The van der Waals surface area contributed by atoms with Gasteiger partial charge in [0, 0.05) is 5.92 Å². The summed E-state index contributed by atoms with van der Waals surface area (Å²) >= 11 is 0. The number of aliphatic carboxylic acids is 1. The number of aromatic carboxylic acids is 1. The van der Waals surface area contributed by atoms with Gasteiger partial charge >= 0.3 is 11.9 Å². The third-order valence-corrected chi connectivity index (χ3v) is 3.14. The molecule has 0 saturated heterocycles. The molecule has 6 heteroatoms. The van der Waals surface area contributed by atoms with E-state index >= 15 is 0 Å². The Kier molecular flexibility index (Phi) is 3.44. The Balaban J connectivity index is 2.42. The van der Waals surface area contributed by atoms with Crippen LogP contribution in [0.1, 0.15) is 21.8 Å². The Hall–Kier alpha value is -2.44. The van der Waals surface area contributed by atoms with Crippen molar-refractivity contribution < 1.29 is 19.8 Å². The normalized spacial score (nSPS) is 20.3. The average Bonchev–Trinajstić information content (AvgIpc) is 2.38. The molecule has 1 aromatic rings. The van der Waals surface area contributed by atoms with Crippen molar-refractivity contribution in [3.63, 3.8) is 0 Å². The molecule has 0 saturated carbocycles. The van der Waals surface area contributed by atoms with Crippen LogP contribution in [0.2, 0.25) is 0 Å². The van der Waals surface area contributed by atoms with Gasteiger partial charge in [0.15, 0.2) is 0 Å². The van der Waals surface area contributed by atoms with Crippen molar-refractivity contribution in [1.82, 2.24) is 0 Å². The van der Waals surface area contributed by atoms with E-state index in [0.717, 1.165) is 0 Å². The number of carboxylic acid groups (broad SMARTS) is 2. The van der Waals surface area contributed by atoms with Crippen molar-refractivity contribution in [3.05, 3.63) is 59.2 Å². The first-order valence-electron chi connectivity index (χ1n) is 5.87. The van der Waals surface area contributed by atoms with Crippen molar-refractivity contribution in [3.8, 4) is 0 Å². The molecule has 1 aromatic carbocycles. The summed E-state index contributed by atoms with van der Waals surface area (Å²) < 4.78 is 0. The Morgan fingerprint density at radius 1 is 1.15 bits per heavy atom. The number of rotatable bonds is 3. The first-order valence-corrected chi connectivity index (χ1v) is 5.87. The zero-order valence-electron chi connectivity index (χ0n) is 10.5. The van der Waals surface area contributed by atoms with E-state index in [1.165, 1.54) is 24.3 Å². The summed E-state index contributed by atoms with van der Waals surface area (Å²) in [6.45, 7) is 0. The van der Waals surface area contributed by atoms with Crippen LogP contribution in [-0.2, 0) is 4.79 Å². The highest BCUT2D eigenvalue weighted by Gasteiger charge is 2.31. The monoisotopic (exact) mass is 274 g/mol. The van der Waals surface area contributed by atoms with Crippen LogP contribution in [-0.4, -0.2) is 27.8 Å². The number of benzene rings is 1. The zero-order chi connectivity index (χ0) is 14.9. The highest BCUT2D eigenvalue weighted by atomic mass is 16.4. The third-order valence-electron chi connectivity index (χ3n) is 3.14. The molecule has 6 nitrogen and oxygen atoms in total. The van der Waals surface area contributed by atoms with E-state index < -0.39 is 17.6 Å². The molecule has 6 N–H and O–H groups in total. The standard InChI is InChI=1S/C14H14N2O4/c15-14(16)5-4-9(7-11(14)13(19)20)8-2-1-3-10(6-8)12(17)18/h1-7,9H,15-16H2,(H,17,18)(H,19,20). The Morgan fingerprint density at radius 2 is 1.85 bits per heavy atom. The van der Waals surface area contributed by atoms with E-state index in [1.807, 2.05) is 0 Å². The first kappa shape index (κ1) is 14.0. The number of nitrogens with two attached hydrogens (primary N) is 2. The topological polar surface area (TPSA) is 127 Å². The van der Waals surface area contributed by atoms with Gasteiger partial charge in [0.2, 0.25) is 0 Å². The second-order valence-electron chi connectivity index (χ2n) is 4.63. The smallest absolute Gasteiger partial charge is 0.335 e. The molecule has 1 aliphatic rings. The van der Waals surface area contributed by atoms with Crippen molar-refractivity contribution in [1.29, 1.82) is 0 Å². The van der Waals surface area contributed by atoms with E-state index in [-0.39, 0.29) is 17.1 Å². The number of hydrogen-bond acceptors (Lipinski definition) is 4. The number of carbonyl (C=O) groups is 2. The number of allylic oxidation sites excluding steroid dienone is 2. The maximum Gasteiger partial charge on any atom is 0.335 e. The van der Waals surface area contributed by atoms with Crippen LogP contribution in [0.3, 0.4) is 0 Å². The predicted octanol–water partition coefficient (Wildman–Crippen LogP) is 0.663.